The van der Waals surface area contributed by atoms with Crippen molar-refractivity contribution in [3.8, 4) is 5.69 Å². The Morgan fingerprint density at radius 1 is 1.27 bits per heavy atom. The summed E-state index contributed by atoms with van der Waals surface area (Å²) in [5, 5.41) is 20.3. The zero-order valence-electron chi connectivity index (χ0n) is 18.6. The van der Waals surface area contributed by atoms with Crippen LogP contribution in [0.2, 0.25) is 0 Å². The Kier molecular flexibility index (Phi) is 6.07. The second-order valence-electron chi connectivity index (χ2n) is 7.65. The van der Waals surface area contributed by atoms with Crippen LogP contribution in [0.25, 0.3) is 5.69 Å². The molecule has 12 heteroatoms. The first-order valence-corrected chi connectivity index (χ1v) is 10.5. The van der Waals surface area contributed by atoms with Crippen molar-refractivity contribution >= 4 is 29.5 Å². The molecule has 0 unspecified atom stereocenters. The van der Waals surface area contributed by atoms with Crippen molar-refractivity contribution in [2.75, 3.05) is 48.8 Å². The molecule has 12 nitrogen and oxygen atoms in total. The first-order valence-electron chi connectivity index (χ1n) is 10.5. The van der Waals surface area contributed by atoms with Gasteiger partial charge in [0.15, 0.2) is 0 Å². The van der Waals surface area contributed by atoms with E-state index < -0.39 is 6.09 Å². The number of benzene rings is 1. The molecule has 0 atom stereocenters. The van der Waals surface area contributed by atoms with Crippen molar-refractivity contribution in [1.29, 1.82) is 0 Å². The number of carbonyl (C=O) groups is 2. The lowest BCUT2D eigenvalue weighted by molar-refractivity contribution is 0.0989. The normalized spacial score (nSPS) is 13.5. The van der Waals surface area contributed by atoms with Gasteiger partial charge in [0.1, 0.15) is 17.1 Å². The smallest absolute Gasteiger partial charge is 0.407 e. The number of hydrogen-bond acceptors (Lipinski definition) is 8. The molecule has 33 heavy (non-hydrogen) atoms. The van der Waals surface area contributed by atoms with Crippen molar-refractivity contribution in [3.63, 3.8) is 0 Å². The molecule has 2 aromatic heterocycles. The summed E-state index contributed by atoms with van der Waals surface area (Å²) in [6.45, 7) is 3.84. The zero-order chi connectivity index (χ0) is 23.5. The van der Waals surface area contributed by atoms with Crippen LogP contribution in [0.15, 0.2) is 36.7 Å². The van der Waals surface area contributed by atoms with Gasteiger partial charge < -0.3 is 25.1 Å². The van der Waals surface area contributed by atoms with Gasteiger partial charge in [-0.1, -0.05) is 11.3 Å². The average molecular weight is 451 g/mol. The van der Waals surface area contributed by atoms with Crippen molar-refractivity contribution in [3.05, 3.63) is 47.9 Å². The van der Waals surface area contributed by atoms with Gasteiger partial charge in [0.25, 0.3) is 5.91 Å². The molecule has 1 aromatic carbocycles. The third-order valence-corrected chi connectivity index (χ3v) is 5.27. The third-order valence-electron chi connectivity index (χ3n) is 5.27. The third kappa shape index (κ3) is 4.54. The summed E-state index contributed by atoms with van der Waals surface area (Å²) in [7, 11) is 3.37. The van der Waals surface area contributed by atoms with Crippen molar-refractivity contribution < 1.29 is 14.7 Å². The van der Waals surface area contributed by atoms with Gasteiger partial charge in [-0.3, -0.25) is 4.79 Å². The SMILES string of the molecule is CCNc1ncc2c(n1)N(C)CCN(c1cccc(-n3cc(CN(C)C(=O)O)nn3)c1)C2=O. The minimum absolute atomic E-state index is 0.123. The maximum Gasteiger partial charge on any atom is 0.407 e. The Bertz CT molecular complexity index is 1180. The molecule has 172 valence electrons. The van der Waals surface area contributed by atoms with Gasteiger partial charge >= 0.3 is 6.09 Å². The second-order valence-corrected chi connectivity index (χ2v) is 7.65. The van der Waals surface area contributed by atoms with Crippen molar-refractivity contribution in [2.45, 2.75) is 13.5 Å². The molecular weight excluding hydrogens is 426 g/mol. The fourth-order valence-electron chi connectivity index (χ4n) is 3.52. The molecule has 1 aliphatic heterocycles. The topological polar surface area (TPSA) is 133 Å². The van der Waals surface area contributed by atoms with Crippen LogP contribution in [0, 0.1) is 0 Å². The summed E-state index contributed by atoms with van der Waals surface area (Å²) in [6, 6.07) is 7.38. The number of amides is 2. The molecule has 0 spiro atoms. The van der Waals surface area contributed by atoms with E-state index in [1.807, 2.05) is 43.1 Å². The van der Waals surface area contributed by atoms with E-state index in [2.05, 4.69) is 25.6 Å². The fraction of sp³-hybridized carbons (Fsp3) is 0.333. The summed E-state index contributed by atoms with van der Waals surface area (Å²) in [6.07, 6.45) is 2.18. The summed E-state index contributed by atoms with van der Waals surface area (Å²) in [5.74, 6) is 0.895. The number of aromatic nitrogens is 5. The minimum Gasteiger partial charge on any atom is -0.465 e. The van der Waals surface area contributed by atoms with Gasteiger partial charge in [0.05, 0.1) is 18.4 Å². The summed E-state index contributed by atoms with van der Waals surface area (Å²) in [4.78, 5) is 38.0. The monoisotopic (exact) mass is 451 g/mol. The van der Waals surface area contributed by atoms with Gasteiger partial charge in [-0.05, 0) is 25.1 Å². The first kappa shape index (κ1) is 22.0. The van der Waals surface area contributed by atoms with E-state index in [0.717, 1.165) is 4.90 Å². The highest BCUT2D eigenvalue weighted by Crippen LogP contribution is 2.27. The Morgan fingerprint density at radius 2 is 2.06 bits per heavy atom. The molecule has 4 rings (SSSR count). The molecule has 2 N–H and O–H groups in total. The molecule has 3 heterocycles. The summed E-state index contributed by atoms with van der Waals surface area (Å²) < 4.78 is 1.56. The number of anilines is 3. The largest absolute Gasteiger partial charge is 0.465 e. The van der Waals surface area contributed by atoms with Crippen molar-refractivity contribution in [1.82, 2.24) is 29.9 Å². The molecule has 2 amide bonds. The van der Waals surface area contributed by atoms with Gasteiger partial charge in [-0.25, -0.2) is 14.5 Å². The number of nitrogens with one attached hydrogen (secondary N) is 1. The quantitative estimate of drug-likeness (QED) is 0.574. The maximum absolute atomic E-state index is 13.4. The highest BCUT2D eigenvalue weighted by atomic mass is 16.4. The molecular formula is C21H25N9O3. The van der Waals surface area contributed by atoms with E-state index in [4.69, 9.17) is 5.11 Å². The van der Waals surface area contributed by atoms with Gasteiger partial charge in [0, 0.05) is 45.6 Å². The predicted molar refractivity (Wildman–Crippen MR) is 122 cm³/mol. The molecule has 0 bridgehead atoms. The number of rotatable bonds is 6. The molecule has 1 aliphatic rings. The molecule has 0 aliphatic carbocycles. The van der Waals surface area contributed by atoms with Crippen LogP contribution in [0.4, 0.5) is 22.2 Å². The fourth-order valence-corrected chi connectivity index (χ4v) is 3.52. The van der Waals surface area contributed by atoms with Crippen LogP contribution in [-0.4, -0.2) is 80.7 Å². The Morgan fingerprint density at radius 3 is 2.82 bits per heavy atom. The van der Waals surface area contributed by atoms with Crippen LogP contribution < -0.4 is 15.1 Å². The lowest BCUT2D eigenvalue weighted by Crippen LogP contribution is -2.33. The van der Waals surface area contributed by atoms with E-state index in [1.165, 1.54) is 7.05 Å². The standard InChI is InChI=1S/C21H25N9O3/c1-4-22-20-23-11-17-18(24-20)27(2)8-9-29(19(17)31)15-6-5-7-16(10-15)30-13-14(25-26-30)12-28(3)21(32)33/h5-7,10-11,13H,4,8-9,12H2,1-3H3,(H,32,33)(H,22,23,24). The summed E-state index contributed by atoms with van der Waals surface area (Å²) >= 11 is 0. The molecule has 3 aromatic rings. The molecule has 0 saturated heterocycles. The van der Waals surface area contributed by atoms with Gasteiger partial charge in [-0.15, -0.1) is 5.10 Å². The van der Waals surface area contributed by atoms with Gasteiger partial charge in [0.2, 0.25) is 5.95 Å². The Balaban J connectivity index is 1.61. The number of carbonyl (C=O) groups excluding carboxylic acids is 1. The van der Waals surface area contributed by atoms with E-state index in [-0.39, 0.29) is 12.5 Å². The van der Waals surface area contributed by atoms with Crippen LogP contribution in [-0.2, 0) is 6.54 Å². The predicted octanol–water partition coefficient (Wildman–Crippen LogP) is 1.70. The van der Waals surface area contributed by atoms with Gasteiger partial charge in [-0.2, -0.15) is 4.98 Å². The lowest BCUT2D eigenvalue weighted by atomic mass is 10.2. The van der Waals surface area contributed by atoms with E-state index in [9.17, 15) is 9.59 Å². The summed E-state index contributed by atoms with van der Waals surface area (Å²) in [5.41, 5.74) is 2.35. The Hall–Kier alpha value is -4.22. The molecule has 0 fully saturated rings. The van der Waals surface area contributed by atoms with Crippen LogP contribution in [0.1, 0.15) is 23.0 Å². The maximum atomic E-state index is 13.4. The number of fused-ring (bicyclic) bond motifs is 1. The molecule has 0 radical (unpaired) electrons. The first-order chi connectivity index (χ1) is 15.9. The van der Waals surface area contributed by atoms with E-state index >= 15 is 0 Å². The highest BCUT2D eigenvalue weighted by molar-refractivity contribution is 6.09. The van der Waals surface area contributed by atoms with Crippen LogP contribution in [0.3, 0.4) is 0 Å². The number of likely N-dealkylation sites (N-methyl/N-ethyl adjacent to an activating group) is 1. The van der Waals surface area contributed by atoms with Crippen molar-refractivity contribution in [2.24, 2.45) is 0 Å². The number of hydrogen-bond donors (Lipinski definition) is 2. The molecule has 0 saturated carbocycles. The van der Waals surface area contributed by atoms with Crippen LogP contribution in [0.5, 0.6) is 0 Å². The number of nitrogens with zero attached hydrogens (tertiary/aromatic N) is 8. The lowest BCUT2D eigenvalue weighted by Gasteiger charge is -2.21. The second kappa shape index (κ2) is 9.10. The Labute approximate surface area is 190 Å². The van der Waals surface area contributed by atoms with Crippen LogP contribution >= 0.6 is 0 Å². The minimum atomic E-state index is -1.04. The highest BCUT2D eigenvalue weighted by Gasteiger charge is 2.28. The zero-order valence-corrected chi connectivity index (χ0v) is 18.6. The number of carboxylic acid groups (broad SMARTS) is 1. The average Bonchev–Trinajstić information content (AvgIpc) is 3.23. The van der Waals surface area contributed by atoms with E-state index in [0.29, 0.717) is 54.0 Å². The van der Waals surface area contributed by atoms with E-state index in [1.54, 1.807) is 22.0 Å².